The third-order valence-corrected chi connectivity index (χ3v) is 3.59. The van der Waals surface area contributed by atoms with Gasteiger partial charge in [-0.25, -0.2) is 0 Å². The SMILES string of the molecule is C=Cc1ccccc1Nc1ccc(-c2ccc(N)cc2)cc1. The van der Waals surface area contributed by atoms with Crippen LogP contribution in [0.4, 0.5) is 17.1 Å². The number of hydrogen-bond acceptors (Lipinski definition) is 2. The number of nitrogens with two attached hydrogens (primary N) is 1. The Balaban J connectivity index is 1.82. The summed E-state index contributed by atoms with van der Waals surface area (Å²) >= 11 is 0. The van der Waals surface area contributed by atoms with Gasteiger partial charge in [0.2, 0.25) is 0 Å². The van der Waals surface area contributed by atoms with E-state index >= 15 is 0 Å². The van der Waals surface area contributed by atoms with E-state index in [9.17, 15) is 0 Å². The standard InChI is InChI=1S/C20H18N2/c1-2-15-5-3-4-6-20(15)22-19-13-9-17(10-14-19)16-7-11-18(21)12-8-16/h2-14,22H,1,21H2. The van der Waals surface area contributed by atoms with Crippen LogP contribution in [-0.4, -0.2) is 0 Å². The molecule has 0 aliphatic rings. The van der Waals surface area contributed by atoms with E-state index in [4.69, 9.17) is 5.73 Å². The molecule has 108 valence electrons. The first-order valence-electron chi connectivity index (χ1n) is 7.21. The molecule has 0 heterocycles. The Bertz CT molecular complexity index is 772. The van der Waals surface area contributed by atoms with Gasteiger partial charge in [0.1, 0.15) is 0 Å². The molecule has 0 saturated heterocycles. The number of para-hydroxylation sites is 1. The summed E-state index contributed by atoms with van der Waals surface area (Å²) in [6.45, 7) is 3.84. The molecule has 3 aromatic rings. The smallest absolute Gasteiger partial charge is 0.0457 e. The van der Waals surface area contributed by atoms with Crippen molar-refractivity contribution in [1.82, 2.24) is 0 Å². The van der Waals surface area contributed by atoms with Crippen LogP contribution < -0.4 is 11.1 Å². The van der Waals surface area contributed by atoms with Crippen molar-refractivity contribution >= 4 is 23.1 Å². The molecule has 22 heavy (non-hydrogen) atoms. The highest BCUT2D eigenvalue weighted by atomic mass is 14.9. The second-order valence-corrected chi connectivity index (χ2v) is 5.12. The molecule has 2 nitrogen and oxygen atoms in total. The van der Waals surface area contributed by atoms with E-state index in [1.165, 1.54) is 5.56 Å². The van der Waals surface area contributed by atoms with Gasteiger partial charge in [-0.3, -0.25) is 0 Å². The zero-order valence-electron chi connectivity index (χ0n) is 12.3. The van der Waals surface area contributed by atoms with Gasteiger partial charge in [-0.1, -0.05) is 55.1 Å². The van der Waals surface area contributed by atoms with Crippen molar-refractivity contribution in [2.75, 3.05) is 11.1 Å². The topological polar surface area (TPSA) is 38.0 Å². The molecule has 0 unspecified atom stereocenters. The molecule has 0 saturated carbocycles. The summed E-state index contributed by atoms with van der Waals surface area (Å²) in [4.78, 5) is 0. The molecule has 0 aliphatic carbocycles. The zero-order chi connectivity index (χ0) is 15.4. The van der Waals surface area contributed by atoms with Gasteiger partial charge in [-0.15, -0.1) is 0 Å². The van der Waals surface area contributed by atoms with E-state index in [2.05, 4.69) is 36.2 Å². The van der Waals surface area contributed by atoms with E-state index in [1.54, 1.807) is 0 Å². The molecular formula is C20H18N2. The molecule has 0 fully saturated rings. The largest absolute Gasteiger partial charge is 0.399 e. The highest BCUT2D eigenvalue weighted by molar-refractivity contribution is 5.73. The second kappa shape index (κ2) is 6.19. The van der Waals surface area contributed by atoms with Crippen molar-refractivity contribution < 1.29 is 0 Å². The van der Waals surface area contributed by atoms with E-state index in [-0.39, 0.29) is 0 Å². The molecule has 0 radical (unpaired) electrons. The molecule has 0 aromatic heterocycles. The maximum Gasteiger partial charge on any atom is 0.0457 e. The third-order valence-electron chi connectivity index (χ3n) is 3.59. The van der Waals surface area contributed by atoms with Crippen LogP contribution in [0.15, 0.2) is 79.4 Å². The molecule has 0 atom stereocenters. The number of anilines is 3. The monoisotopic (exact) mass is 286 g/mol. The van der Waals surface area contributed by atoms with Crippen molar-refractivity contribution in [2.45, 2.75) is 0 Å². The summed E-state index contributed by atoms with van der Waals surface area (Å²) in [7, 11) is 0. The number of hydrogen-bond donors (Lipinski definition) is 2. The van der Waals surface area contributed by atoms with Gasteiger partial charge in [0.15, 0.2) is 0 Å². The van der Waals surface area contributed by atoms with Gasteiger partial charge >= 0.3 is 0 Å². The lowest BCUT2D eigenvalue weighted by molar-refractivity contribution is 1.52. The summed E-state index contributed by atoms with van der Waals surface area (Å²) < 4.78 is 0. The first kappa shape index (κ1) is 14.0. The molecular weight excluding hydrogens is 268 g/mol. The number of benzene rings is 3. The fourth-order valence-corrected chi connectivity index (χ4v) is 2.37. The predicted octanol–water partition coefficient (Wildman–Crippen LogP) is 5.32. The predicted molar refractivity (Wildman–Crippen MR) is 96.1 cm³/mol. The average Bonchev–Trinajstić information content (AvgIpc) is 2.57. The molecule has 0 aliphatic heterocycles. The molecule has 0 spiro atoms. The summed E-state index contributed by atoms with van der Waals surface area (Å²) in [5.74, 6) is 0. The van der Waals surface area contributed by atoms with E-state index in [0.717, 1.165) is 28.2 Å². The number of nitrogens with one attached hydrogen (secondary N) is 1. The lowest BCUT2D eigenvalue weighted by atomic mass is 10.0. The Kier molecular flexibility index (Phi) is 3.92. The second-order valence-electron chi connectivity index (χ2n) is 5.12. The molecule has 3 aromatic carbocycles. The fraction of sp³-hybridized carbons (Fsp3) is 0. The van der Waals surface area contributed by atoms with Gasteiger partial charge in [-0.2, -0.15) is 0 Å². The fourth-order valence-electron chi connectivity index (χ4n) is 2.37. The molecule has 0 bridgehead atoms. The number of rotatable bonds is 4. The Labute approximate surface area is 130 Å². The molecule has 2 heteroatoms. The summed E-state index contributed by atoms with van der Waals surface area (Å²) in [6.07, 6.45) is 1.85. The Morgan fingerprint density at radius 2 is 1.36 bits per heavy atom. The summed E-state index contributed by atoms with van der Waals surface area (Å²) in [6, 6.07) is 24.4. The van der Waals surface area contributed by atoms with Crippen molar-refractivity contribution in [3.63, 3.8) is 0 Å². The maximum absolute atomic E-state index is 5.72. The van der Waals surface area contributed by atoms with Crippen LogP contribution in [0.3, 0.4) is 0 Å². The van der Waals surface area contributed by atoms with E-state index in [0.29, 0.717) is 0 Å². The normalized spacial score (nSPS) is 10.2. The lowest BCUT2D eigenvalue weighted by Gasteiger charge is -2.10. The Morgan fingerprint density at radius 1 is 0.773 bits per heavy atom. The molecule has 3 N–H and O–H groups in total. The minimum absolute atomic E-state index is 0.781. The van der Waals surface area contributed by atoms with Gasteiger partial charge in [0, 0.05) is 17.1 Å². The van der Waals surface area contributed by atoms with Gasteiger partial charge < -0.3 is 11.1 Å². The van der Waals surface area contributed by atoms with Gasteiger partial charge in [0.05, 0.1) is 0 Å². The van der Waals surface area contributed by atoms with Crippen LogP contribution in [0.1, 0.15) is 5.56 Å². The lowest BCUT2D eigenvalue weighted by Crippen LogP contribution is -1.92. The minimum Gasteiger partial charge on any atom is -0.399 e. The van der Waals surface area contributed by atoms with Crippen molar-refractivity contribution in [3.8, 4) is 11.1 Å². The number of nitrogen functional groups attached to an aromatic ring is 1. The van der Waals surface area contributed by atoms with Crippen LogP contribution >= 0.6 is 0 Å². The maximum atomic E-state index is 5.72. The first-order chi connectivity index (χ1) is 10.8. The van der Waals surface area contributed by atoms with Gasteiger partial charge in [0.25, 0.3) is 0 Å². The Hall–Kier alpha value is -3.00. The Morgan fingerprint density at radius 3 is 2.00 bits per heavy atom. The quantitative estimate of drug-likeness (QED) is 0.637. The molecule has 3 rings (SSSR count). The first-order valence-corrected chi connectivity index (χ1v) is 7.21. The van der Waals surface area contributed by atoms with Gasteiger partial charge in [-0.05, 0) is 47.0 Å². The summed E-state index contributed by atoms with van der Waals surface area (Å²) in [5, 5.41) is 3.42. The van der Waals surface area contributed by atoms with Crippen LogP contribution in [0, 0.1) is 0 Å². The molecule has 0 amide bonds. The van der Waals surface area contributed by atoms with Crippen molar-refractivity contribution in [2.24, 2.45) is 0 Å². The highest BCUT2D eigenvalue weighted by Gasteiger charge is 2.01. The summed E-state index contributed by atoms with van der Waals surface area (Å²) in [5.41, 5.74) is 12.0. The van der Waals surface area contributed by atoms with Crippen LogP contribution in [0.5, 0.6) is 0 Å². The van der Waals surface area contributed by atoms with E-state index < -0.39 is 0 Å². The van der Waals surface area contributed by atoms with Crippen LogP contribution in [0.25, 0.3) is 17.2 Å². The van der Waals surface area contributed by atoms with Crippen molar-refractivity contribution in [3.05, 3.63) is 84.9 Å². The highest BCUT2D eigenvalue weighted by Crippen LogP contribution is 2.25. The minimum atomic E-state index is 0.781. The van der Waals surface area contributed by atoms with Crippen LogP contribution in [0.2, 0.25) is 0 Å². The van der Waals surface area contributed by atoms with Crippen molar-refractivity contribution in [1.29, 1.82) is 0 Å². The van der Waals surface area contributed by atoms with Crippen LogP contribution in [-0.2, 0) is 0 Å². The zero-order valence-corrected chi connectivity index (χ0v) is 12.3. The average molecular weight is 286 g/mol. The third kappa shape index (κ3) is 3.01. The van der Waals surface area contributed by atoms with E-state index in [1.807, 2.05) is 54.6 Å².